The molecular formula is C25H29N5O2. The van der Waals surface area contributed by atoms with Gasteiger partial charge in [-0.3, -0.25) is 14.6 Å². The van der Waals surface area contributed by atoms with Gasteiger partial charge >= 0.3 is 0 Å². The number of aryl methyl sites for hydroxylation is 1. The first-order valence-electron chi connectivity index (χ1n) is 11.1. The topological polar surface area (TPSA) is 109 Å². The lowest BCUT2D eigenvalue weighted by Gasteiger charge is -2.21. The molecule has 2 amide bonds. The third-order valence-electron chi connectivity index (χ3n) is 5.93. The number of hydrogen-bond acceptors (Lipinski definition) is 5. The van der Waals surface area contributed by atoms with Crippen molar-refractivity contribution in [3.8, 4) is 0 Å². The Bertz CT molecular complexity index is 1070. The molecule has 0 bridgehead atoms. The second kappa shape index (κ2) is 10.3. The number of nitrogens with zero attached hydrogens (tertiary/aromatic N) is 1. The zero-order valence-corrected chi connectivity index (χ0v) is 18.0. The summed E-state index contributed by atoms with van der Waals surface area (Å²) in [5, 5.41) is 10.0. The Morgan fingerprint density at radius 1 is 1.12 bits per heavy atom. The van der Waals surface area contributed by atoms with Gasteiger partial charge in [-0.15, -0.1) is 0 Å². The average molecular weight is 432 g/mol. The fourth-order valence-corrected chi connectivity index (χ4v) is 4.05. The molecule has 3 atom stereocenters. The number of hydrogen-bond donors (Lipinski definition) is 4. The lowest BCUT2D eigenvalue weighted by atomic mass is 10.0. The summed E-state index contributed by atoms with van der Waals surface area (Å²) in [4.78, 5) is 30.4. The molecule has 1 fully saturated rings. The predicted octanol–water partition coefficient (Wildman–Crippen LogP) is 2.23. The second-order valence-corrected chi connectivity index (χ2v) is 8.29. The molecule has 1 saturated heterocycles. The van der Waals surface area contributed by atoms with E-state index in [1.807, 2.05) is 60.7 Å². The van der Waals surface area contributed by atoms with Crippen molar-refractivity contribution in [2.75, 3.05) is 18.4 Å². The summed E-state index contributed by atoms with van der Waals surface area (Å²) in [6, 6.07) is 18.6. The van der Waals surface area contributed by atoms with Crippen molar-refractivity contribution in [2.24, 2.45) is 11.7 Å². The molecule has 5 N–H and O–H groups in total. The molecule has 1 aliphatic rings. The maximum absolute atomic E-state index is 13.1. The van der Waals surface area contributed by atoms with Crippen molar-refractivity contribution in [2.45, 2.75) is 31.3 Å². The Labute approximate surface area is 187 Å². The summed E-state index contributed by atoms with van der Waals surface area (Å²) in [6.45, 7) is 1.27. The molecule has 1 aromatic heterocycles. The molecule has 2 heterocycles. The van der Waals surface area contributed by atoms with Crippen molar-refractivity contribution < 1.29 is 9.59 Å². The van der Waals surface area contributed by atoms with Gasteiger partial charge in [-0.25, -0.2) is 0 Å². The number of amides is 2. The van der Waals surface area contributed by atoms with E-state index in [0.717, 1.165) is 23.0 Å². The van der Waals surface area contributed by atoms with Crippen LogP contribution in [0.5, 0.6) is 0 Å². The number of carbonyl (C=O) groups is 2. The maximum Gasteiger partial charge on any atom is 0.247 e. The van der Waals surface area contributed by atoms with Crippen LogP contribution in [0.1, 0.15) is 18.4 Å². The molecule has 0 spiro atoms. The normalized spacial score (nSPS) is 18.9. The largest absolute Gasteiger partial charge is 0.343 e. The fourth-order valence-electron chi connectivity index (χ4n) is 4.05. The summed E-state index contributed by atoms with van der Waals surface area (Å²) in [6.07, 6.45) is 3.50. The van der Waals surface area contributed by atoms with Crippen molar-refractivity contribution in [1.29, 1.82) is 0 Å². The van der Waals surface area contributed by atoms with Crippen molar-refractivity contribution >= 4 is 28.4 Å². The lowest BCUT2D eigenvalue weighted by Crippen LogP contribution is -2.50. The highest BCUT2D eigenvalue weighted by Crippen LogP contribution is 2.17. The molecule has 1 unspecified atom stereocenters. The van der Waals surface area contributed by atoms with Gasteiger partial charge in [0.2, 0.25) is 11.8 Å². The SMILES string of the molecule is NC[C@@H]1CN[C@@H](C(=O)NC(CCc2ccccc2)C(=O)Nc2cnc3ccccc3c2)C1. The van der Waals surface area contributed by atoms with Gasteiger partial charge in [0.15, 0.2) is 0 Å². The Kier molecular flexibility index (Phi) is 7.09. The molecule has 7 heteroatoms. The molecule has 7 nitrogen and oxygen atoms in total. The first-order valence-corrected chi connectivity index (χ1v) is 11.1. The maximum atomic E-state index is 13.1. The summed E-state index contributed by atoms with van der Waals surface area (Å²) < 4.78 is 0. The minimum atomic E-state index is -0.659. The number of carbonyl (C=O) groups excluding carboxylic acids is 2. The van der Waals surface area contributed by atoms with Crippen LogP contribution in [0.3, 0.4) is 0 Å². The monoisotopic (exact) mass is 431 g/mol. The first-order chi connectivity index (χ1) is 15.6. The number of aromatic nitrogens is 1. The summed E-state index contributed by atoms with van der Waals surface area (Å²) in [5.74, 6) is -0.128. The number of fused-ring (bicyclic) bond motifs is 1. The van der Waals surface area contributed by atoms with Crippen molar-refractivity contribution in [3.05, 3.63) is 72.4 Å². The lowest BCUT2D eigenvalue weighted by molar-refractivity contribution is -0.127. The Hall–Kier alpha value is -3.29. The minimum absolute atomic E-state index is 0.161. The molecule has 3 aromatic rings. The van der Waals surface area contributed by atoms with E-state index < -0.39 is 6.04 Å². The highest BCUT2D eigenvalue weighted by atomic mass is 16.2. The zero-order chi connectivity index (χ0) is 22.3. The molecule has 0 saturated carbocycles. The standard InChI is InChI=1S/C25H29N5O2/c26-14-18-12-23(27-15-18)25(32)30-22(11-10-17-6-2-1-3-7-17)24(31)29-20-13-19-8-4-5-9-21(19)28-16-20/h1-9,13,16,18,22-23,27H,10-12,14-15,26H2,(H,29,31)(H,30,32)/t18-,22?,23-/m1/s1. The van der Waals surface area contributed by atoms with Crippen LogP contribution in [0.4, 0.5) is 5.69 Å². The second-order valence-electron chi connectivity index (χ2n) is 8.29. The van der Waals surface area contributed by atoms with E-state index in [0.29, 0.717) is 31.5 Å². The van der Waals surface area contributed by atoms with Crippen LogP contribution in [-0.4, -0.2) is 42.0 Å². The summed E-state index contributed by atoms with van der Waals surface area (Å²) in [5.41, 5.74) is 8.33. The van der Waals surface area contributed by atoms with Crippen LogP contribution in [0.2, 0.25) is 0 Å². The number of nitrogens with two attached hydrogens (primary N) is 1. The molecule has 0 aliphatic carbocycles. The van der Waals surface area contributed by atoms with Crippen molar-refractivity contribution in [3.63, 3.8) is 0 Å². The van der Waals surface area contributed by atoms with Crippen LogP contribution in [0, 0.1) is 5.92 Å². The molecular weight excluding hydrogens is 402 g/mol. The van der Waals surface area contributed by atoms with Crippen LogP contribution in [0.25, 0.3) is 10.9 Å². The molecule has 166 valence electrons. The molecule has 32 heavy (non-hydrogen) atoms. The molecule has 1 aliphatic heterocycles. The van der Waals surface area contributed by atoms with E-state index >= 15 is 0 Å². The predicted molar refractivity (Wildman–Crippen MR) is 126 cm³/mol. The number of pyridine rings is 1. The Morgan fingerprint density at radius 2 is 1.91 bits per heavy atom. The molecule has 2 aromatic carbocycles. The number of rotatable bonds is 8. The summed E-state index contributed by atoms with van der Waals surface area (Å²) in [7, 11) is 0. The molecule has 4 rings (SSSR count). The highest BCUT2D eigenvalue weighted by molar-refractivity contribution is 5.99. The van der Waals surface area contributed by atoms with Gasteiger partial charge in [0, 0.05) is 5.39 Å². The zero-order valence-electron chi connectivity index (χ0n) is 18.0. The van der Waals surface area contributed by atoms with Crippen LogP contribution in [-0.2, 0) is 16.0 Å². The van der Waals surface area contributed by atoms with E-state index in [1.54, 1.807) is 6.20 Å². The third kappa shape index (κ3) is 5.49. The van der Waals surface area contributed by atoms with E-state index in [1.165, 1.54) is 0 Å². The van der Waals surface area contributed by atoms with E-state index in [2.05, 4.69) is 20.9 Å². The number of benzene rings is 2. The first kappa shape index (κ1) is 21.9. The van der Waals surface area contributed by atoms with Gasteiger partial charge in [0.05, 0.1) is 23.4 Å². The van der Waals surface area contributed by atoms with Gasteiger partial charge in [0.1, 0.15) is 6.04 Å². The van der Waals surface area contributed by atoms with E-state index in [-0.39, 0.29) is 23.8 Å². The van der Waals surface area contributed by atoms with Crippen LogP contribution >= 0.6 is 0 Å². The quantitative estimate of drug-likeness (QED) is 0.437. The smallest absolute Gasteiger partial charge is 0.247 e. The average Bonchev–Trinajstić information content (AvgIpc) is 3.32. The van der Waals surface area contributed by atoms with Crippen LogP contribution in [0.15, 0.2) is 66.9 Å². The Balaban J connectivity index is 1.46. The highest BCUT2D eigenvalue weighted by Gasteiger charge is 2.31. The van der Waals surface area contributed by atoms with Gasteiger partial charge in [-0.05, 0) is 56.0 Å². The van der Waals surface area contributed by atoms with Gasteiger partial charge < -0.3 is 21.7 Å². The van der Waals surface area contributed by atoms with Crippen LogP contribution < -0.4 is 21.7 Å². The number of nitrogens with one attached hydrogen (secondary N) is 3. The van der Waals surface area contributed by atoms with Gasteiger partial charge in [-0.2, -0.15) is 0 Å². The Morgan fingerprint density at radius 3 is 2.69 bits per heavy atom. The molecule has 0 radical (unpaired) electrons. The van der Waals surface area contributed by atoms with E-state index in [4.69, 9.17) is 5.73 Å². The van der Waals surface area contributed by atoms with Crippen molar-refractivity contribution in [1.82, 2.24) is 15.6 Å². The van der Waals surface area contributed by atoms with E-state index in [9.17, 15) is 9.59 Å². The minimum Gasteiger partial charge on any atom is -0.343 e. The van der Waals surface area contributed by atoms with Gasteiger partial charge in [-0.1, -0.05) is 48.5 Å². The fraction of sp³-hybridized carbons (Fsp3) is 0.320. The number of anilines is 1. The number of para-hydroxylation sites is 1. The van der Waals surface area contributed by atoms with Gasteiger partial charge in [0.25, 0.3) is 0 Å². The summed E-state index contributed by atoms with van der Waals surface area (Å²) >= 11 is 0. The third-order valence-corrected chi connectivity index (χ3v) is 5.93.